The van der Waals surface area contributed by atoms with Crippen molar-refractivity contribution in [3.05, 3.63) is 66.2 Å². The van der Waals surface area contributed by atoms with Gasteiger partial charge in [0.1, 0.15) is 0 Å². The lowest BCUT2D eigenvalue weighted by Gasteiger charge is -2.34. The van der Waals surface area contributed by atoms with E-state index in [1.165, 1.54) is 18.4 Å². The number of hydrogen-bond acceptors (Lipinski definition) is 2. The smallest absolute Gasteiger partial charge is 0.223 e. The molecular formula is C22H28N2O. The summed E-state index contributed by atoms with van der Waals surface area (Å²) in [6.07, 6.45) is 3.46. The molecule has 1 heterocycles. The number of carbonyl (C=O) groups is 1. The molecule has 1 amide bonds. The van der Waals surface area contributed by atoms with Gasteiger partial charge in [0, 0.05) is 25.7 Å². The molecule has 25 heavy (non-hydrogen) atoms. The summed E-state index contributed by atoms with van der Waals surface area (Å²) in [6, 6.07) is 20.7. The average molecular weight is 336 g/mol. The number of nitrogens with zero attached hydrogens (tertiary/aromatic N) is 2. The van der Waals surface area contributed by atoms with Gasteiger partial charge in [0.25, 0.3) is 0 Å². The number of rotatable bonds is 6. The van der Waals surface area contributed by atoms with Gasteiger partial charge in [-0.1, -0.05) is 48.5 Å². The summed E-state index contributed by atoms with van der Waals surface area (Å²) < 4.78 is 0. The van der Waals surface area contributed by atoms with Gasteiger partial charge in [0.05, 0.1) is 0 Å². The molecule has 1 saturated heterocycles. The van der Waals surface area contributed by atoms with Gasteiger partial charge in [-0.05, 0) is 56.0 Å². The Morgan fingerprint density at radius 2 is 1.60 bits per heavy atom. The molecule has 3 heteroatoms. The van der Waals surface area contributed by atoms with Crippen LogP contribution in [0.15, 0.2) is 60.7 Å². The van der Waals surface area contributed by atoms with Gasteiger partial charge in [-0.25, -0.2) is 0 Å². The third kappa shape index (κ3) is 5.17. The summed E-state index contributed by atoms with van der Waals surface area (Å²) in [5, 5.41) is 0. The molecule has 3 rings (SSSR count). The van der Waals surface area contributed by atoms with Crippen molar-refractivity contribution in [3.8, 4) is 0 Å². The lowest BCUT2D eigenvalue weighted by Crippen LogP contribution is -2.41. The fourth-order valence-electron chi connectivity index (χ4n) is 3.61. The van der Waals surface area contributed by atoms with Crippen molar-refractivity contribution in [2.45, 2.75) is 26.2 Å². The Hall–Kier alpha value is -2.13. The van der Waals surface area contributed by atoms with Gasteiger partial charge >= 0.3 is 0 Å². The minimum Gasteiger partial charge on any atom is -0.312 e. The maximum absolute atomic E-state index is 12.1. The maximum Gasteiger partial charge on any atom is 0.223 e. The van der Waals surface area contributed by atoms with Crippen molar-refractivity contribution >= 4 is 11.6 Å². The molecule has 0 aliphatic carbocycles. The largest absolute Gasteiger partial charge is 0.312 e. The second kappa shape index (κ2) is 8.82. The molecule has 1 aliphatic heterocycles. The van der Waals surface area contributed by atoms with E-state index in [0.717, 1.165) is 38.3 Å². The van der Waals surface area contributed by atoms with Gasteiger partial charge in [-0.2, -0.15) is 0 Å². The van der Waals surface area contributed by atoms with Crippen molar-refractivity contribution < 1.29 is 4.79 Å². The van der Waals surface area contributed by atoms with Crippen LogP contribution in [0.3, 0.4) is 0 Å². The highest BCUT2D eigenvalue weighted by atomic mass is 16.2. The zero-order chi connectivity index (χ0) is 17.5. The zero-order valence-corrected chi connectivity index (χ0v) is 15.1. The first kappa shape index (κ1) is 17.7. The summed E-state index contributed by atoms with van der Waals surface area (Å²) in [7, 11) is 0. The second-order valence-corrected chi connectivity index (χ2v) is 6.99. The van der Waals surface area contributed by atoms with E-state index in [0.29, 0.717) is 5.92 Å². The number of anilines is 1. The van der Waals surface area contributed by atoms with Gasteiger partial charge in [-0.3, -0.25) is 4.79 Å². The Balaban J connectivity index is 1.47. The molecule has 3 nitrogen and oxygen atoms in total. The van der Waals surface area contributed by atoms with Crippen LogP contribution >= 0.6 is 0 Å². The molecule has 2 aromatic rings. The Morgan fingerprint density at radius 1 is 1.00 bits per heavy atom. The molecule has 0 atom stereocenters. The van der Waals surface area contributed by atoms with Crippen LogP contribution in [0, 0.1) is 5.92 Å². The Morgan fingerprint density at radius 3 is 2.20 bits per heavy atom. The maximum atomic E-state index is 12.1. The van der Waals surface area contributed by atoms with E-state index in [9.17, 15) is 4.79 Å². The van der Waals surface area contributed by atoms with Gasteiger partial charge in [-0.15, -0.1) is 0 Å². The minimum atomic E-state index is 0.137. The molecule has 0 radical (unpaired) electrons. The van der Waals surface area contributed by atoms with E-state index in [1.807, 2.05) is 35.2 Å². The molecule has 0 N–H and O–H groups in total. The molecule has 2 aromatic carbocycles. The third-order valence-electron chi connectivity index (χ3n) is 5.16. The predicted octanol–water partition coefficient (Wildman–Crippen LogP) is 3.99. The zero-order valence-electron chi connectivity index (χ0n) is 15.1. The number of hydrogen-bond donors (Lipinski definition) is 0. The Bertz CT molecular complexity index is 648. The first-order valence-corrected chi connectivity index (χ1v) is 9.32. The lowest BCUT2D eigenvalue weighted by molar-refractivity contribution is -0.116. The number of likely N-dealkylation sites (tertiary alicyclic amines) is 1. The van der Waals surface area contributed by atoms with Crippen LogP contribution < -0.4 is 4.90 Å². The van der Waals surface area contributed by atoms with Crippen LogP contribution in [0.4, 0.5) is 5.69 Å². The summed E-state index contributed by atoms with van der Waals surface area (Å²) >= 11 is 0. The van der Waals surface area contributed by atoms with Crippen molar-refractivity contribution in [1.29, 1.82) is 0 Å². The van der Waals surface area contributed by atoms with Gasteiger partial charge in [0.2, 0.25) is 5.91 Å². The van der Waals surface area contributed by atoms with Crippen LogP contribution in [0.5, 0.6) is 0 Å². The average Bonchev–Trinajstić information content (AvgIpc) is 2.66. The molecule has 0 saturated carbocycles. The number of para-hydroxylation sites is 1. The summed E-state index contributed by atoms with van der Waals surface area (Å²) in [5.74, 6) is 0.731. The number of piperidine rings is 1. The van der Waals surface area contributed by atoms with Gasteiger partial charge < -0.3 is 9.80 Å². The van der Waals surface area contributed by atoms with Crippen LogP contribution in [-0.4, -0.2) is 37.0 Å². The Kier molecular flexibility index (Phi) is 6.24. The number of benzene rings is 2. The fourth-order valence-corrected chi connectivity index (χ4v) is 3.61. The van der Waals surface area contributed by atoms with E-state index in [1.54, 1.807) is 6.92 Å². The van der Waals surface area contributed by atoms with Crippen molar-refractivity contribution in [1.82, 2.24) is 4.90 Å². The van der Waals surface area contributed by atoms with Crippen LogP contribution in [-0.2, 0) is 11.2 Å². The highest BCUT2D eigenvalue weighted by Gasteiger charge is 2.23. The van der Waals surface area contributed by atoms with Crippen molar-refractivity contribution in [2.75, 3.05) is 31.1 Å². The monoisotopic (exact) mass is 336 g/mol. The van der Waals surface area contributed by atoms with Crippen molar-refractivity contribution in [3.63, 3.8) is 0 Å². The molecule has 1 aliphatic rings. The topological polar surface area (TPSA) is 23.6 Å². The first-order chi connectivity index (χ1) is 12.2. The molecule has 1 fully saturated rings. The fraction of sp³-hybridized carbons (Fsp3) is 0.409. The molecule has 0 bridgehead atoms. The highest BCUT2D eigenvalue weighted by molar-refractivity contribution is 5.91. The summed E-state index contributed by atoms with van der Waals surface area (Å²) in [6.45, 7) is 5.91. The summed E-state index contributed by atoms with van der Waals surface area (Å²) in [4.78, 5) is 16.6. The normalized spacial score (nSPS) is 15.9. The molecule has 132 valence electrons. The van der Waals surface area contributed by atoms with Gasteiger partial charge in [0.15, 0.2) is 0 Å². The second-order valence-electron chi connectivity index (χ2n) is 6.99. The molecule has 0 unspecified atom stereocenters. The quantitative estimate of drug-likeness (QED) is 0.796. The predicted molar refractivity (Wildman–Crippen MR) is 104 cm³/mol. The van der Waals surface area contributed by atoms with Crippen LogP contribution in [0.25, 0.3) is 0 Å². The van der Waals surface area contributed by atoms with E-state index in [-0.39, 0.29) is 5.91 Å². The van der Waals surface area contributed by atoms with Crippen molar-refractivity contribution in [2.24, 2.45) is 5.92 Å². The van der Waals surface area contributed by atoms with E-state index >= 15 is 0 Å². The number of carbonyl (C=O) groups excluding carboxylic acids is 1. The van der Waals surface area contributed by atoms with E-state index in [4.69, 9.17) is 0 Å². The highest BCUT2D eigenvalue weighted by Crippen LogP contribution is 2.22. The minimum absolute atomic E-state index is 0.137. The standard InChI is InChI=1S/C22H28N2O/c1-19(25)24(22-10-6-3-7-11-22)18-21-13-16-23(17-14-21)15-12-20-8-4-2-5-9-20/h2-11,21H,12-18H2,1H3. The SMILES string of the molecule is CC(=O)N(CC1CCN(CCc2ccccc2)CC1)c1ccccc1. The Labute approximate surface area is 151 Å². The molecule has 0 aromatic heterocycles. The summed E-state index contributed by atoms with van der Waals surface area (Å²) in [5.41, 5.74) is 2.43. The van der Waals surface area contributed by atoms with Crippen LogP contribution in [0.2, 0.25) is 0 Å². The van der Waals surface area contributed by atoms with Crippen LogP contribution in [0.1, 0.15) is 25.3 Å². The van der Waals surface area contributed by atoms with E-state index in [2.05, 4.69) is 35.2 Å². The number of amides is 1. The third-order valence-corrected chi connectivity index (χ3v) is 5.16. The lowest BCUT2D eigenvalue weighted by atomic mass is 9.95. The first-order valence-electron chi connectivity index (χ1n) is 9.32. The molecule has 0 spiro atoms. The van der Waals surface area contributed by atoms with E-state index < -0.39 is 0 Å². The molecular weight excluding hydrogens is 308 g/mol.